The Bertz CT molecular complexity index is 1320. The molecule has 9 nitrogen and oxygen atoms in total. The molecule has 35 heavy (non-hydrogen) atoms. The number of carbonyl (C=O) groups excluding carboxylic acids is 1. The first-order chi connectivity index (χ1) is 17.0. The van der Waals surface area contributed by atoms with E-state index in [1.807, 2.05) is 19.1 Å². The van der Waals surface area contributed by atoms with E-state index in [0.29, 0.717) is 42.3 Å². The Balaban J connectivity index is 1.53. The molecule has 1 aromatic carbocycles. The zero-order valence-corrected chi connectivity index (χ0v) is 19.3. The number of benzene rings is 1. The van der Waals surface area contributed by atoms with Gasteiger partial charge >= 0.3 is 0 Å². The third-order valence-corrected chi connectivity index (χ3v) is 6.53. The molecule has 2 aliphatic heterocycles. The molecular formula is C25H26FN7O2. The van der Waals surface area contributed by atoms with E-state index in [1.165, 1.54) is 12.1 Å². The molecule has 2 unspecified atom stereocenters. The number of fused-ring (bicyclic) bond motifs is 1. The van der Waals surface area contributed by atoms with Crippen molar-refractivity contribution in [3.8, 4) is 23.0 Å². The summed E-state index contributed by atoms with van der Waals surface area (Å²) in [6.45, 7) is 4.18. The van der Waals surface area contributed by atoms with Crippen LogP contribution in [-0.2, 0) is 11.3 Å². The third-order valence-electron chi connectivity index (χ3n) is 6.53. The van der Waals surface area contributed by atoms with Gasteiger partial charge in [-0.05, 0) is 38.0 Å². The van der Waals surface area contributed by atoms with Crippen molar-refractivity contribution in [1.29, 1.82) is 5.26 Å². The molecule has 3 aromatic rings. The number of carbonyl (C=O) groups is 1. The van der Waals surface area contributed by atoms with Crippen LogP contribution in [0.4, 0.5) is 10.2 Å². The van der Waals surface area contributed by atoms with Crippen LogP contribution in [0.1, 0.15) is 42.8 Å². The average molecular weight is 476 g/mol. The molecule has 2 aliphatic rings. The van der Waals surface area contributed by atoms with Gasteiger partial charge in [0.25, 0.3) is 0 Å². The number of hydrogen-bond acceptors (Lipinski definition) is 7. The maximum atomic E-state index is 14.8. The van der Waals surface area contributed by atoms with E-state index in [4.69, 9.17) is 5.10 Å². The van der Waals surface area contributed by atoms with Gasteiger partial charge in [0.1, 0.15) is 12.0 Å². The lowest BCUT2D eigenvalue weighted by molar-refractivity contribution is -0.125. The topological polar surface area (TPSA) is 119 Å². The molecule has 0 bridgehead atoms. The van der Waals surface area contributed by atoms with Crippen molar-refractivity contribution in [1.82, 2.24) is 25.4 Å². The van der Waals surface area contributed by atoms with Crippen LogP contribution in [0.25, 0.3) is 16.9 Å². The van der Waals surface area contributed by atoms with Gasteiger partial charge in [-0.25, -0.2) is 9.07 Å². The van der Waals surface area contributed by atoms with Crippen LogP contribution in [0.15, 0.2) is 36.5 Å². The van der Waals surface area contributed by atoms with Gasteiger partial charge in [-0.1, -0.05) is 6.07 Å². The Morgan fingerprint density at radius 1 is 1.40 bits per heavy atom. The Morgan fingerprint density at radius 3 is 3.06 bits per heavy atom. The molecule has 2 atom stereocenters. The van der Waals surface area contributed by atoms with Gasteiger partial charge in [0.2, 0.25) is 5.91 Å². The molecule has 3 N–H and O–H groups in total. The minimum atomic E-state index is -0.942. The summed E-state index contributed by atoms with van der Waals surface area (Å²) < 4.78 is 16.4. The number of pyridine rings is 1. The van der Waals surface area contributed by atoms with Crippen LogP contribution in [0.2, 0.25) is 0 Å². The fraction of sp³-hybridized carbons (Fsp3) is 0.360. The van der Waals surface area contributed by atoms with Crippen molar-refractivity contribution in [3.63, 3.8) is 0 Å². The zero-order valence-electron chi connectivity index (χ0n) is 19.3. The Morgan fingerprint density at radius 2 is 2.26 bits per heavy atom. The van der Waals surface area contributed by atoms with Crippen molar-refractivity contribution < 1.29 is 14.3 Å². The smallest absolute Gasteiger partial charge is 0.224 e. The molecule has 0 spiro atoms. The molecule has 5 rings (SSSR count). The molecule has 10 heteroatoms. The summed E-state index contributed by atoms with van der Waals surface area (Å²) in [4.78, 5) is 19.0. The number of nitrogens with zero attached hydrogens (tertiary/aromatic N) is 5. The highest BCUT2D eigenvalue weighted by molar-refractivity contribution is 5.79. The van der Waals surface area contributed by atoms with E-state index < -0.39 is 12.0 Å². The van der Waals surface area contributed by atoms with E-state index in [1.54, 1.807) is 23.0 Å². The summed E-state index contributed by atoms with van der Waals surface area (Å²) >= 11 is 0. The standard InChI is InChI=1S/C25H26FN7O2/c1-2-28-24(34)16-6-4-9-32(14-16)21-8-10-33(31-21)20-11-18(30-19-13-29-25(35)23(19)20)22-15(12-27)5-3-7-17(22)26/h3,5,7-8,10-11,16,25,29,35H,2,4,6,9,13-14H2,1H3,(H,28,34). The predicted octanol–water partition coefficient (Wildman–Crippen LogP) is 2.39. The first-order valence-corrected chi connectivity index (χ1v) is 11.7. The second-order valence-corrected chi connectivity index (χ2v) is 8.74. The lowest BCUT2D eigenvalue weighted by Crippen LogP contribution is -2.43. The molecule has 0 radical (unpaired) electrons. The summed E-state index contributed by atoms with van der Waals surface area (Å²) in [5.41, 5.74) is 2.30. The largest absolute Gasteiger partial charge is 0.374 e. The summed E-state index contributed by atoms with van der Waals surface area (Å²) in [6, 6.07) is 9.89. The van der Waals surface area contributed by atoms with Crippen LogP contribution in [0.3, 0.4) is 0 Å². The first-order valence-electron chi connectivity index (χ1n) is 11.7. The van der Waals surface area contributed by atoms with Gasteiger partial charge in [0, 0.05) is 44.0 Å². The molecule has 1 amide bonds. The molecule has 180 valence electrons. The number of aromatic nitrogens is 3. The maximum Gasteiger partial charge on any atom is 0.224 e. The van der Waals surface area contributed by atoms with Crippen molar-refractivity contribution >= 4 is 11.7 Å². The predicted molar refractivity (Wildman–Crippen MR) is 127 cm³/mol. The molecule has 1 saturated heterocycles. The van der Waals surface area contributed by atoms with Crippen LogP contribution in [0.5, 0.6) is 0 Å². The highest BCUT2D eigenvalue weighted by Gasteiger charge is 2.30. The van der Waals surface area contributed by atoms with Crippen LogP contribution < -0.4 is 15.5 Å². The number of piperidine rings is 1. The van der Waals surface area contributed by atoms with Crippen molar-refractivity contribution in [2.45, 2.75) is 32.5 Å². The molecule has 0 aliphatic carbocycles. The fourth-order valence-corrected chi connectivity index (χ4v) is 4.85. The number of nitriles is 1. The summed E-state index contributed by atoms with van der Waals surface area (Å²) in [5.74, 6) is 0.137. The number of aliphatic hydroxyl groups excluding tert-OH is 1. The molecule has 4 heterocycles. The van der Waals surface area contributed by atoms with E-state index in [-0.39, 0.29) is 23.0 Å². The third kappa shape index (κ3) is 4.24. The number of amides is 1. The van der Waals surface area contributed by atoms with Crippen molar-refractivity contribution in [3.05, 3.63) is 59.2 Å². The summed E-state index contributed by atoms with van der Waals surface area (Å²) in [7, 11) is 0. The number of halogens is 1. The van der Waals surface area contributed by atoms with Crippen LogP contribution in [-0.4, -0.2) is 45.4 Å². The van der Waals surface area contributed by atoms with E-state index in [9.17, 15) is 19.6 Å². The second kappa shape index (κ2) is 9.44. The van der Waals surface area contributed by atoms with Crippen LogP contribution >= 0.6 is 0 Å². The van der Waals surface area contributed by atoms with E-state index in [2.05, 4.69) is 20.5 Å². The monoisotopic (exact) mass is 475 g/mol. The van der Waals surface area contributed by atoms with Gasteiger partial charge in [0.15, 0.2) is 5.82 Å². The number of aliphatic hydroxyl groups is 1. The van der Waals surface area contributed by atoms with Gasteiger partial charge in [-0.2, -0.15) is 10.4 Å². The highest BCUT2D eigenvalue weighted by Crippen LogP contribution is 2.34. The number of rotatable bonds is 5. The minimum absolute atomic E-state index is 0.0561. The maximum absolute atomic E-state index is 14.8. The van der Waals surface area contributed by atoms with Gasteiger partial charge < -0.3 is 15.3 Å². The number of hydrogen-bond donors (Lipinski definition) is 3. The fourth-order valence-electron chi connectivity index (χ4n) is 4.85. The Kier molecular flexibility index (Phi) is 6.19. The van der Waals surface area contributed by atoms with Gasteiger partial charge in [-0.15, -0.1) is 0 Å². The molecule has 2 aromatic heterocycles. The number of anilines is 1. The number of nitrogens with one attached hydrogen (secondary N) is 2. The van der Waals surface area contributed by atoms with Gasteiger partial charge in [-0.3, -0.25) is 15.1 Å². The van der Waals surface area contributed by atoms with E-state index in [0.717, 1.165) is 25.2 Å². The van der Waals surface area contributed by atoms with Crippen molar-refractivity contribution in [2.75, 3.05) is 24.5 Å². The molecule has 0 saturated carbocycles. The van der Waals surface area contributed by atoms with Gasteiger partial charge in [0.05, 0.1) is 40.2 Å². The normalized spacial score (nSPS) is 19.3. The Hall–Kier alpha value is -3.81. The molecular weight excluding hydrogens is 449 g/mol. The summed E-state index contributed by atoms with van der Waals surface area (Å²) in [5, 5.41) is 30.7. The van der Waals surface area contributed by atoms with Crippen LogP contribution in [0, 0.1) is 23.1 Å². The quantitative estimate of drug-likeness (QED) is 0.518. The zero-order chi connectivity index (χ0) is 24.5. The second-order valence-electron chi connectivity index (χ2n) is 8.74. The lowest BCUT2D eigenvalue weighted by atomic mass is 9.97. The minimum Gasteiger partial charge on any atom is -0.374 e. The van der Waals surface area contributed by atoms with Crippen molar-refractivity contribution in [2.24, 2.45) is 5.92 Å². The SMILES string of the molecule is CCNC(=O)C1CCCN(c2ccn(-c3cc(-c4c(F)cccc4C#N)nc4c3C(O)NC4)n2)C1. The average Bonchev–Trinajstić information content (AvgIpc) is 3.51. The first kappa shape index (κ1) is 23.0. The molecule has 1 fully saturated rings. The lowest BCUT2D eigenvalue weighted by Gasteiger charge is -2.32. The summed E-state index contributed by atoms with van der Waals surface area (Å²) in [6.07, 6.45) is 2.56. The highest BCUT2D eigenvalue weighted by atomic mass is 19.1. The van der Waals surface area contributed by atoms with E-state index >= 15 is 0 Å². The Labute approximate surface area is 202 Å².